The molecular weight excluding hydrogens is 260 g/mol. The van der Waals surface area contributed by atoms with E-state index in [1.54, 1.807) is 30.6 Å². The average Bonchev–Trinajstić information content (AvgIpc) is 2.34. The third kappa shape index (κ3) is 4.10. The molecule has 1 atom stereocenters. The van der Waals surface area contributed by atoms with Crippen LogP contribution in [0.4, 0.5) is 4.79 Å². The molecule has 20 heavy (non-hydrogen) atoms. The Balaban J connectivity index is 2.77. The maximum Gasteiger partial charge on any atom is 0.320 e. The van der Waals surface area contributed by atoms with E-state index in [4.69, 9.17) is 0 Å². The van der Waals surface area contributed by atoms with E-state index in [0.29, 0.717) is 25.9 Å². The lowest BCUT2D eigenvalue weighted by molar-refractivity contribution is -0.150. The van der Waals surface area contributed by atoms with Crippen molar-refractivity contribution in [2.45, 2.75) is 46.1 Å². The van der Waals surface area contributed by atoms with E-state index in [-0.39, 0.29) is 19.1 Å². The number of aliphatic hydroxyl groups is 1. The molecule has 0 bridgehead atoms. The van der Waals surface area contributed by atoms with Gasteiger partial charge in [0.15, 0.2) is 0 Å². The molecule has 0 radical (unpaired) electrons. The molecule has 1 aliphatic heterocycles. The number of hydrogen-bond donors (Lipinski definition) is 2. The molecule has 6 heteroatoms. The summed E-state index contributed by atoms with van der Waals surface area (Å²) in [6.07, 6.45) is 1.28. The van der Waals surface area contributed by atoms with Crippen LogP contribution in [0.1, 0.15) is 40.5 Å². The SMILES string of the molecule is CCN(CC(C)(C)O)C(=O)N1CCCC(C)(C(=O)O)C1. The molecular formula is C14H26N2O4. The summed E-state index contributed by atoms with van der Waals surface area (Å²) in [5.74, 6) is -0.861. The van der Waals surface area contributed by atoms with Gasteiger partial charge in [-0.05, 0) is 40.5 Å². The van der Waals surface area contributed by atoms with Gasteiger partial charge in [-0.3, -0.25) is 4.79 Å². The Bertz CT molecular complexity index is 378. The molecule has 0 spiro atoms. The second-order valence-corrected chi connectivity index (χ2v) is 6.50. The molecule has 2 amide bonds. The summed E-state index contributed by atoms with van der Waals surface area (Å²) in [6.45, 7) is 8.37. The highest BCUT2D eigenvalue weighted by molar-refractivity contribution is 5.78. The minimum absolute atomic E-state index is 0.193. The van der Waals surface area contributed by atoms with Crippen LogP contribution in [-0.4, -0.2) is 63.8 Å². The number of carboxylic acid groups (broad SMARTS) is 1. The number of amides is 2. The Labute approximate surface area is 120 Å². The van der Waals surface area contributed by atoms with Crippen molar-refractivity contribution in [2.24, 2.45) is 5.41 Å². The van der Waals surface area contributed by atoms with Gasteiger partial charge in [0.1, 0.15) is 0 Å². The molecule has 0 saturated carbocycles. The van der Waals surface area contributed by atoms with Crippen molar-refractivity contribution < 1.29 is 19.8 Å². The monoisotopic (exact) mass is 286 g/mol. The van der Waals surface area contributed by atoms with Gasteiger partial charge in [0.25, 0.3) is 0 Å². The normalized spacial score (nSPS) is 23.6. The van der Waals surface area contributed by atoms with Crippen molar-refractivity contribution >= 4 is 12.0 Å². The highest BCUT2D eigenvalue weighted by atomic mass is 16.4. The number of carbonyl (C=O) groups is 2. The molecule has 1 saturated heterocycles. The third-order valence-electron chi connectivity index (χ3n) is 3.71. The fourth-order valence-electron chi connectivity index (χ4n) is 2.56. The summed E-state index contributed by atoms with van der Waals surface area (Å²) >= 11 is 0. The molecule has 1 fully saturated rings. The van der Waals surface area contributed by atoms with Crippen LogP contribution in [0.5, 0.6) is 0 Å². The second kappa shape index (κ2) is 5.99. The van der Waals surface area contributed by atoms with Gasteiger partial charge in [-0.2, -0.15) is 0 Å². The highest BCUT2D eigenvalue weighted by Gasteiger charge is 2.40. The fraction of sp³-hybridized carbons (Fsp3) is 0.857. The lowest BCUT2D eigenvalue weighted by Crippen LogP contribution is -2.54. The molecule has 0 aromatic rings. The Morgan fingerprint density at radius 2 is 2.00 bits per heavy atom. The molecule has 0 aromatic carbocycles. The lowest BCUT2D eigenvalue weighted by atomic mass is 9.82. The maximum absolute atomic E-state index is 12.5. The number of nitrogens with zero attached hydrogens (tertiary/aromatic N) is 2. The topological polar surface area (TPSA) is 81.1 Å². The predicted octanol–water partition coefficient (Wildman–Crippen LogP) is 1.39. The summed E-state index contributed by atoms with van der Waals surface area (Å²) in [5.41, 5.74) is -1.83. The van der Waals surface area contributed by atoms with Crippen molar-refractivity contribution in [3.8, 4) is 0 Å². The zero-order valence-corrected chi connectivity index (χ0v) is 12.8. The van der Waals surface area contributed by atoms with Crippen molar-refractivity contribution in [1.29, 1.82) is 0 Å². The molecule has 0 aliphatic carbocycles. The predicted molar refractivity (Wildman–Crippen MR) is 75.5 cm³/mol. The van der Waals surface area contributed by atoms with Gasteiger partial charge in [-0.1, -0.05) is 0 Å². The number of aliphatic carboxylic acids is 1. The van der Waals surface area contributed by atoms with Gasteiger partial charge < -0.3 is 20.0 Å². The number of urea groups is 1. The quantitative estimate of drug-likeness (QED) is 0.818. The number of carbonyl (C=O) groups excluding carboxylic acids is 1. The minimum Gasteiger partial charge on any atom is -0.481 e. The average molecular weight is 286 g/mol. The molecule has 1 unspecified atom stereocenters. The van der Waals surface area contributed by atoms with E-state index in [1.165, 1.54) is 0 Å². The van der Waals surface area contributed by atoms with Crippen LogP contribution >= 0.6 is 0 Å². The van der Waals surface area contributed by atoms with E-state index in [9.17, 15) is 19.8 Å². The minimum atomic E-state index is -0.961. The molecule has 6 nitrogen and oxygen atoms in total. The van der Waals surface area contributed by atoms with Crippen molar-refractivity contribution in [3.05, 3.63) is 0 Å². The number of likely N-dealkylation sites (tertiary alicyclic amines) is 1. The van der Waals surface area contributed by atoms with E-state index in [0.717, 1.165) is 0 Å². The summed E-state index contributed by atoms with van der Waals surface area (Å²) in [5, 5.41) is 19.1. The summed E-state index contributed by atoms with van der Waals surface area (Å²) < 4.78 is 0. The van der Waals surface area contributed by atoms with E-state index < -0.39 is 17.0 Å². The Morgan fingerprint density at radius 3 is 2.45 bits per heavy atom. The van der Waals surface area contributed by atoms with Gasteiger partial charge in [0.2, 0.25) is 0 Å². The molecule has 2 N–H and O–H groups in total. The van der Waals surface area contributed by atoms with Crippen LogP contribution in [0.15, 0.2) is 0 Å². The molecule has 0 aromatic heterocycles. The van der Waals surface area contributed by atoms with Crippen molar-refractivity contribution in [3.63, 3.8) is 0 Å². The van der Waals surface area contributed by atoms with Crippen LogP contribution in [0.3, 0.4) is 0 Å². The van der Waals surface area contributed by atoms with Gasteiger partial charge in [0, 0.05) is 19.6 Å². The van der Waals surface area contributed by atoms with Gasteiger partial charge in [-0.15, -0.1) is 0 Å². The first-order chi connectivity index (χ1) is 9.09. The van der Waals surface area contributed by atoms with Crippen LogP contribution < -0.4 is 0 Å². The summed E-state index contributed by atoms with van der Waals surface area (Å²) in [4.78, 5) is 26.9. The van der Waals surface area contributed by atoms with Crippen LogP contribution in [-0.2, 0) is 4.79 Å². The number of likely N-dealkylation sites (N-methyl/N-ethyl adjacent to an activating group) is 1. The standard InChI is InChI=1S/C14H26N2O4/c1-5-15(9-13(2,3)20)12(19)16-8-6-7-14(4,10-16)11(17)18/h20H,5-10H2,1-4H3,(H,17,18). The molecule has 1 aliphatic rings. The second-order valence-electron chi connectivity index (χ2n) is 6.50. The Hall–Kier alpha value is -1.30. The van der Waals surface area contributed by atoms with Crippen LogP contribution in [0, 0.1) is 5.41 Å². The van der Waals surface area contributed by atoms with E-state index >= 15 is 0 Å². The summed E-state index contributed by atoms with van der Waals surface area (Å²) in [7, 11) is 0. The number of carboxylic acids is 1. The van der Waals surface area contributed by atoms with Gasteiger partial charge in [0.05, 0.1) is 17.6 Å². The highest BCUT2D eigenvalue weighted by Crippen LogP contribution is 2.30. The number of hydrogen-bond acceptors (Lipinski definition) is 3. The van der Waals surface area contributed by atoms with E-state index in [2.05, 4.69) is 0 Å². The van der Waals surface area contributed by atoms with E-state index in [1.807, 2.05) is 6.92 Å². The van der Waals surface area contributed by atoms with Crippen LogP contribution in [0.2, 0.25) is 0 Å². The third-order valence-corrected chi connectivity index (χ3v) is 3.71. The zero-order valence-electron chi connectivity index (χ0n) is 12.8. The number of rotatable bonds is 4. The molecule has 116 valence electrons. The van der Waals surface area contributed by atoms with Gasteiger partial charge >= 0.3 is 12.0 Å². The fourth-order valence-corrected chi connectivity index (χ4v) is 2.56. The summed E-state index contributed by atoms with van der Waals surface area (Å²) in [6, 6.07) is -0.193. The first kappa shape index (κ1) is 16.8. The largest absolute Gasteiger partial charge is 0.481 e. The smallest absolute Gasteiger partial charge is 0.320 e. The van der Waals surface area contributed by atoms with Crippen molar-refractivity contribution in [1.82, 2.24) is 9.80 Å². The number of piperidine rings is 1. The first-order valence-corrected chi connectivity index (χ1v) is 7.09. The van der Waals surface area contributed by atoms with Crippen molar-refractivity contribution in [2.75, 3.05) is 26.2 Å². The van der Waals surface area contributed by atoms with Gasteiger partial charge in [-0.25, -0.2) is 4.79 Å². The maximum atomic E-state index is 12.5. The lowest BCUT2D eigenvalue weighted by Gasteiger charge is -2.40. The first-order valence-electron chi connectivity index (χ1n) is 7.09. The molecule has 1 heterocycles. The molecule has 1 rings (SSSR count). The Kier molecular flexibility index (Phi) is 5.02. The van der Waals surface area contributed by atoms with Crippen LogP contribution in [0.25, 0.3) is 0 Å². The Morgan fingerprint density at radius 1 is 1.40 bits per heavy atom. The zero-order chi connectivity index (χ0) is 15.6.